The molecule has 0 radical (unpaired) electrons. The Balaban J connectivity index is 1.53. The Morgan fingerprint density at radius 3 is 2.34 bits per heavy atom. The van der Waals surface area contributed by atoms with Crippen LogP contribution in [0.25, 0.3) is 0 Å². The minimum absolute atomic E-state index is 0.0438. The van der Waals surface area contributed by atoms with E-state index < -0.39 is 16.1 Å². The molecule has 9 heteroatoms. The van der Waals surface area contributed by atoms with Crippen LogP contribution in [0.2, 0.25) is 0 Å². The third kappa shape index (κ3) is 6.08. The molecule has 0 spiro atoms. The number of hydrogen-bond donors (Lipinski definition) is 2. The summed E-state index contributed by atoms with van der Waals surface area (Å²) in [6.07, 6.45) is 2.84. The largest absolute Gasteiger partial charge is 0.376 e. The van der Waals surface area contributed by atoms with Gasteiger partial charge in [0.2, 0.25) is 21.8 Å². The average Bonchev–Trinajstić information content (AvgIpc) is 3.29. The van der Waals surface area contributed by atoms with E-state index in [9.17, 15) is 18.0 Å². The lowest BCUT2D eigenvalue weighted by molar-refractivity contribution is -0.133. The molecule has 0 saturated carbocycles. The number of piperidine rings is 1. The van der Waals surface area contributed by atoms with Crippen LogP contribution in [0, 0.1) is 18.8 Å². The first-order valence-corrected chi connectivity index (χ1v) is 12.9. The zero-order valence-electron chi connectivity index (χ0n) is 19.2. The van der Waals surface area contributed by atoms with Crippen molar-refractivity contribution in [1.82, 2.24) is 14.9 Å². The van der Waals surface area contributed by atoms with E-state index in [4.69, 9.17) is 4.74 Å². The summed E-state index contributed by atoms with van der Waals surface area (Å²) < 4.78 is 32.7. The van der Waals surface area contributed by atoms with Gasteiger partial charge in [0, 0.05) is 32.2 Å². The third-order valence-corrected chi connectivity index (χ3v) is 8.17. The van der Waals surface area contributed by atoms with Crippen LogP contribution in [0.1, 0.15) is 45.1 Å². The fourth-order valence-corrected chi connectivity index (χ4v) is 5.62. The number of aryl methyl sites for hydroxylation is 1. The van der Waals surface area contributed by atoms with Crippen molar-refractivity contribution in [3.8, 4) is 0 Å². The van der Waals surface area contributed by atoms with E-state index >= 15 is 0 Å². The summed E-state index contributed by atoms with van der Waals surface area (Å²) in [6.45, 7) is 7.45. The van der Waals surface area contributed by atoms with Crippen molar-refractivity contribution in [3.63, 3.8) is 0 Å². The molecule has 8 nitrogen and oxygen atoms in total. The Morgan fingerprint density at radius 1 is 1.12 bits per heavy atom. The van der Waals surface area contributed by atoms with E-state index in [-0.39, 0.29) is 47.7 Å². The van der Waals surface area contributed by atoms with Crippen LogP contribution in [0.4, 0.5) is 0 Å². The number of benzene rings is 1. The fourth-order valence-electron chi connectivity index (χ4n) is 4.15. The van der Waals surface area contributed by atoms with Gasteiger partial charge < -0.3 is 15.4 Å². The lowest BCUT2D eigenvalue weighted by Gasteiger charge is -2.32. The Morgan fingerprint density at radius 2 is 1.78 bits per heavy atom. The molecule has 32 heavy (non-hydrogen) atoms. The molecule has 178 valence electrons. The van der Waals surface area contributed by atoms with Crippen molar-refractivity contribution in [1.29, 1.82) is 0 Å². The highest BCUT2D eigenvalue weighted by Crippen LogP contribution is 2.24. The maximum absolute atomic E-state index is 12.9. The number of carbonyl (C=O) groups is 2. The van der Waals surface area contributed by atoms with Crippen molar-refractivity contribution in [3.05, 3.63) is 29.8 Å². The molecule has 2 N–H and O–H groups in total. The molecule has 2 fully saturated rings. The second-order valence-corrected chi connectivity index (χ2v) is 11.0. The summed E-state index contributed by atoms with van der Waals surface area (Å²) in [5.74, 6) is -0.774. The van der Waals surface area contributed by atoms with Gasteiger partial charge in [0.25, 0.3) is 0 Å². The number of carbonyl (C=O) groups excluding carboxylic acids is 2. The van der Waals surface area contributed by atoms with Gasteiger partial charge in [0.05, 0.1) is 11.0 Å². The van der Waals surface area contributed by atoms with Crippen molar-refractivity contribution in [2.75, 3.05) is 26.2 Å². The second-order valence-electron chi connectivity index (χ2n) is 9.10. The highest BCUT2D eigenvalue weighted by molar-refractivity contribution is 7.89. The Kier molecular flexibility index (Phi) is 8.30. The van der Waals surface area contributed by atoms with Crippen molar-refractivity contribution >= 4 is 21.8 Å². The predicted molar refractivity (Wildman–Crippen MR) is 121 cm³/mol. The van der Waals surface area contributed by atoms with Gasteiger partial charge >= 0.3 is 0 Å². The van der Waals surface area contributed by atoms with E-state index in [2.05, 4.69) is 10.6 Å². The van der Waals surface area contributed by atoms with Gasteiger partial charge in [-0.25, -0.2) is 8.42 Å². The molecule has 2 aliphatic heterocycles. The average molecular weight is 466 g/mol. The van der Waals surface area contributed by atoms with Crippen molar-refractivity contribution in [2.45, 2.75) is 63.5 Å². The van der Waals surface area contributed by atoms with E-state index in [0.29, 0.717) is 19.4 Å². The quantitative estimate of drug-likeness (QED) is 0.610. The number of rotatable bonds is 8. The first kappa shape index (κ1) is 24.7. The number of nitrogens with one attached hydrogen (secondary N) is 2. The summed E-state index contributed by atoms with van der Waals surface area (Å²) >= 11 is 0. The molecule has 2 saturated heterocycles. The van der Waals surface area contributed by atoms with Crippen LogP contribution in [0.3, 0.4) is 0 Å². The lowest BCUT2D eigenvalue weighted by atomic mass is 9.95. The fraction of sp³-hybridized carbons (Fsp3) is 0.652. The van der Waals surface area contributed by atoms with Gasteiger partial charge in [0.1, 0.15) is 6.04 Å². The smallest absolute Gasteiger partial charge is 0.243 e. The summed E-state index contributed by atoms with van der Waals surface area (Å²) in [4.78, 5) is 25.8. The lowest BCUT2D eigenvalue weighted by Crippen LogP contribution is -2.53. The van der Waals surface area contributed by atoms with Crippen LogP contribution >= 0.6 is 0 Å². The molecule has 3 rings (SSSR count). The van der Waals surface area contributed by atoms with Gasteiger partial charge in [-0.3, -0.25) is 9.59 Å². The Labute approximate surface area is 191 Å². The number of hydrogen-bond acceptors (Lipinski definition) is 5. The Bertz CT molecular complexity index is 887. The molecule has 2 aliphatic rings. The predicted octanol–water partition coefficient (Wildman–Crippen LogP) is 1.83. The van der Waals surface area contributed by atoms with Gasteiger partial charge in [-0.15, -0.1) is 0 Å². The molecule has 0 aromatic heterocycles. The molecule has 1 aromatic carbocycles. The van der Waals surface area contributed by atoms with E-state index in [1.54, 1.807) is 24.3 Å². The van der Waals surface area contributed by atoms with Crippen LogP contribution < -0.4 is 10.6 Å². The van der Waals surface area contributed by atoms with Gasteiger partial charge in [-0.2, -0.15) is 4.31 Å². The molecule has 0 aliphatic carbocycles. The second kappa shape index (κ2) is 10.8. The van der Waals surface area contributed by atoms with E-state index in [1.807, 2.05) is 20.8 Å². The number of ether oxygens (including phenoxy) is 1. The molecule has 2 heterocycles. The van der Waals surface area contributed by atoms with Gasteiger partial charge in [0.15, 0.2) is 0 Å². The number of nitrogens with zero attached hydrogens (tertiary/aromatic N) is 1. The standard InChI is InChI=1S/C23H35N3O5S/c1-16(2)21(23(28)24-15-19-5-4-14-31-19)25-22(27)18-10-12-26(13-11-18)32(29,30)20-8-6-17(3)7-9-20/h6-9,16,18-19,21H,4-5,10-15H2,1-3H3,(H,24,28)(H,25,27)/t19?,21-/m1/s1. The molecule has 2 amide bonds. The number of amides is 2. The van der Waals surface area contributed by atoms with Gasteiger partial charge in [-0.1, -0.05) is 31.5 Å². The summed E-state index contributed by atoms with van der Waals surface area (Å²) in [6, 6.07) is 6.17. The SMILES string of the molecule is Cc1ccc(S(=O)(=O)N2CCC(C(=O)N[C@@H](C(=O)NCC3CCCO3)C(C)C)CC2)cc1. The molecule has 1 aromatic rings. The molecule has 1 unspecified atom stereocenters. The molecular weight excluding hydrogens is 430 g/mol. The summed E-state index contributed by atoms with van der Waals surface area (Å²) in [7, 11) is -3.57. The third-order valence-electron chi connectivity index (χ3n) is 6.26. The minimum atomic E-state index is -3.57. The van der Waals surface area contributed by atoms with Crippen LogP contribution in [-0.4, -0.2) is 62.9 Å². The van der Waals surface area contributed by atoms with E-state index in [1.165, 1.54) is 4.31 Å². The topological polar surface area (TPSA) is 105 Å². The zero-order valence-corrected chi connectivity index (χ0v) is 20.0. The highest BCUT2D eigenvalue weighted by Gasteiger charge is 2.34. The summed E-state index contributed by atoms with van der Waals surface area (Å²) in [5.41, 5.74) is 0.999. The van der Waals surface area contributed by atoms with Crippen LogP contribution in [-0.2, 0) is 24.3 Å². The molecule has 0 bridgehead atoms. The first-order valence-electron chi connectivity index (χ1n) is 11.4. The monoisotopic (exact) mass is 465 g/mol. The molecule has 2 atom stereocenters. The Hall–Kier alpha value is -1.97. The molecular formula is C23H35N3O5S. The normalized spacial score (nSPS) is 21.4. The van der Waals surface area contributed by atoms with Crippen LogP contribution in [0.5, 0.6) is 0 Å². The summed E-state index contributed by atoms with van der Waals surface area (Å²) in [5, 5.41) is 5.79. The zero-order chi connectivity index (χ0) is 23.3. The number of sulfonamides is 1. The van der Waals surface area contributed by atoms with Gasteiger partial charge in [-0.05, 0) is 50.7 Å². The minimum Gasteiger partial charge on any atom is -0.376 e. The first-order chi connectivity index (χ1) is 15.2. The maximum atomic E-state index is 12.9. The maximum Gasteiger partial charge on any atom is 0.243 e. The van der Waals surface area contributed by atoms with Crippen molar-refractivity contribution < 1.29 is 22.7 Å². The highest BCUT2D eigenvalue weighted by atomic mass is 32.2. The van der Waals surface area contributed by atoms with E-state index in [0.717, 1.165) is 25.0 Å². The van der Waals surface area contributed by atoms with Crippen LogP contribution in [0.15, 0.2) is 29.2 Å². The van der Waals surface area contributed by atoms with Crippen molar-refractivity contribution in [2.24, 2.45) is 11.8 Å².